The number of methoxy groups -OCH3 is 1. The van der Waals surface area contributed by atoms with Crippen LogP contribution in [0.5, 0.6) is 5.75 Å². The van der Waals surface area contributed by atoms with Gasteiger partial charge in [-0.3, -0.25) is 10.1 Å². The van der Waals surface area contributed by atoms with E-state index in [0.29, 0.717) is 5.58 Å². The first kappa shape index (κ1) is 10.6. The molecular weight excluding hydrogens is 234 g/mol. The van der Waals surface area contributed by atoms with E-state index in [1.807, 2.05) is 24.3 Å². The molecule has 3 rings (SSSR count). The Bertz CT molecular complexity index is 760. The van der Waals surface area contributed by atoms with Crippen molar-refractivity contribution in [1.82, 2.24) is 0 Å². The van der Waals surface area contributed by atoms with E-state index in [0.717, 1.165) is 21.9 Å². The first-order chi connectivity index (χ1) is 8.70. The van der Waals surface area contributed by atoms with Crippen molar-refractivity contribution in [3.8, 4) is 5.75 Å². The molecule has 90 valence electrons. The molecule has 0 saturated carbocycles. The van der Waals surface area contributed by atoms with E-state index >= 15 is 0 Å². The van der Waals surface area contributed by atoms with Crippen LogP contribution < -0.4 is 4.74 Å². The smallest absolute Gasteiger partial charge is 0.434 e. The zero-order valence-electron chi connectivity index (χ0n) is 9.54. The van der Waals surface area contributed by atoms with Crippen molar-refractivity contribution in [2.24, 2.45) is 0 Å². The Labute approximate surface area is 102 Å². The summed E-state index contributed by atoms with van der Waals surface area (Å²) in [5, 5.41) is 13.2. The zero-order valence-corrected chi connectivity index (χ0v) is 9.54. The van der Waals surface area contributed by atoms with Gasteiger partial charge in [0.2, 0.25) is 0 Å². The van der Waals surface area contributed by atoms with Crippen LogP contribution in [0, 0.1) is 10.1 Å². The van der Waals surface area contributed by atoms with Gasteiger partial charge < -0.3 is 9.15 Å². The highest BCUT2D eigenvalue weighted by Gasteiger charge is 2.16. The van der Waals surface area contributed by atoms with Crippen LogP contribution in [-0.4, -0.2) is 12.0 Å². The van der Waals surface area contributed by atoms with Crippen molar-refractivity contribution in [1.29, 1.82) is 0 Å². The van der Waals surface area contributed by atoms with E-state index in [4.69, 9.17) is 9.15 Å². The molecule has 0 atom stereocenters. The molecule has 0 N–H and O–H groups in total. The van der Waals surface area contributed by atoms with E-state index in [1.165, 1.54) is 6.07 Å². The summed E-state index contributed by atoms with van der Waals surface area (Å²) in [6.07, 6.45) is 0. The van der Waals surface area contributed by atoms with Crippen LogP contribution in [0.2, 0.25) is 0 Å². The molecule has 1 aromatic heterocycles. The third-order valence-electron chi connectivity index (χ3n) is 2.91. The molecule has 0 bridgehead atoms. The van der Waals surface area contributed by atoms with Gasteiger partial charge in [-0.05, 0) is 23.6 Å². The molecule has 0 aliphatic heterocycles. The van der Waals surface area contributed by atoms with Gasteiger partial charge in [0.1, 0.15) is 16.3 Å². The number of nitrogens with zero attached hydrogens (tertiary/aromatic N) is 1. The first-order valence-electron chi connectivity index (χ1n) is 5.34. The van der Waals surface area contributed by atoms with Crippen molar-refractivity contribution >= 4 is 27.6 Å². The van der Waals surface area contributed by atoms with Crippen molar-refractivity contribution in [2.45, 2.75) is 0 Å². The summed E-state index contributed by atoms with van der Waals surface area (Å²) in [5.74, 6) is 0.485. The fourth-order valence-corrected chi connectivity index (χ4v) is 2.10. The lowest BCUT2D eigenvalue weighted by Crippen LogP contribution is -1.84. The second-order valence-electron chi connectivity index (χ2n) is 3.87. The quantitative estimate of drug-likeness (QED) is 0.510. The second-order valence-corrected chi connectivity index (χ2v) is 3.87. The van der Waals surface area contributed by atoms with E-state index in [2.05, 4.69) is 0 Å². The number of nitro groups is 1. The predicted octanol–water partition coefficient (Wildman–Crippen LogP) is 3.50. The molecule has 18 heavy (non-hydrogen) atoms. The van der Waals surface area contributed by atoms with Gasteiger partial charge in [0, 0.05) is 10.8 Å². The summed E-state index contributed by atoms with van der Waals surface area (Å²) in [6, 6.07) is 10.6. The standard InChI is InChI=1S/C13H9NO4/c1-17-11-4-2-3-8-9(11)5-6-12-10(8)7-13(18-12)14(15)16/h2-7H,1H3. The van der Waals surface area contributed by atoms with E-state index in [-0.39, 0.29) is 5.88 Å². The lowest BCUT2D eigenvalue weighted by Gasteiger charge is -2.04. The largest absolute Gasteiger partial charge is 0.496 e. The zero-order chi connectivity index (χ0) is 12.7. The first-order valence-corrected chi connectivity index (χ1v) is 5.34. The summed E-state index contributed by atoms with van der Waals surface area (Å²) >= 11 is 0. The Morgan fingerprint density at radius 1 is 1.17 bits per heavy atom. The fourth-order valence-electron chi connectivity index (χ4n) is 2.10. The number of hydrogen-bond acceptors (Lipinski definition) is 4. The average Bonchev–Trinajstić information content (AvgIpc) is 2.82. The van der Waals surface area contributed by atoms with Crippen LogP contribution in [0.1, 0.15) is 0 Å². The Kier molecular flexibility index (Phi) is 2.19. The maximum absolute atomic E-state index is 10.7. The van der Waals surface area contributed by atoms with Gasteiger partial charge >= 0.3 is 5.88 Å². The van der Waals surface area contributed by atoms with Crippen molar-refractivity contribution in [3.63, 3.8) is 0 Å². The van der Waals surface area contributed by atoms with Gasteiger partial charge in [0.25, 0.3) is 0 Å². The van der Waals surface area contributed by atoms with Crippen LogP contribution in [-0.2, 0) is 0 Å². The summed E-state index contributed by atoms with van der Waals surface area (Å²) in [4.78, 5) is 10.2. The summed E-state index contributed by atoms with van der Waals surface area (Å²) in [5.41, 5.74) is 0.502. The number of benzene rings is 2. The van der Waals surface area contributed by atoms with Gasteiger partial charge in [-0.15, -0.1) is 0 Å². The van der Waals surface area contributed by atoms with Gasteiger partial charge in [0.15, 0.2) is 0 Å². The van der Waals surface area contributed by atoms with Gasteiger partial charge in [-0.2, -0.15) is 0 Å². The normalized spacial score (nSPS) is 10.9. The van der Waals surface area contributed by atoms with Crippen LogP contribution in [0.4, 0.5) is 5.88 Å². The fraction of sp³-hybridized carbons (Fsp3) is 0.0769. The van der Waals surface area contributed by atoms with Crippen molar-refractivity contribution in [3.05, 3.63) is 46.5 Å². The monoisotopic (exact) mass is 243 g/mol. The predicted molar refractivity (Wildman–Crippen MR) is 66.9 cm³/mol. The van der Waals surface area contributed by atoms with Crippen LogP contribution in [0.3, 0.4) is 0 Å². The second kappa shape index (κ2) is 3.73. The molecule has 0 aliphatic carbocycles. The molecule has 5 heteroatoms. The molecule has 3 aromatic rings. The Morgan fingerprint density at radius 2 is 2.00 bits per heavy atom. The van der Waals surface area contributed by atoms with Gasteiger partial charge in [0.05, 0.1) is 13.2 Å². The molecule has 0 aliphatic rings. The lowest BCUT2D eigenvalue weighted by atomic mass is 10.1. The maximum Gasteiger partial charge on any atom is 0.434 e. The van der Waals surface area contributed by atoms with Crippen molar-refractivity contribution < 1.29 is 14.1 Å². The van der Waals surface area contributed by atoms with Crippen molar-refractivity contribution in [2.75, 3.05) is 7.11 Å². The molecule has 1 heterocycles. The Balaban J connectivity index is 2.42. The Morgan fingerprint density at radius 3 is 2.72 bits per heavy atom. The lowest BCUT2D eigenvalue weighted by molar-refractivity contribution is -0.401. The molecule has 0 saturated heterocycles. The number of rotatable bonds is 2. The number of fused-ring (bicyclic) bond motifs is 3. The third-order valence-corrected chi connectivity index (χ3v) is 2.91. The number of furan rings is 1. The van der Waals surface area contributed by atoms with E-state index in [1.54, 1.807) is 13.2 Å². The van der Waals surface area contributed by atoms with Gasteiger partial charge in [-0.1, -0.05) is 12.1 Å². The number of hydrogen-bond donors (Lipinski definition) is 0. The topological polar surface area (TPSA) is 65.5 Å². The SMILES string of the molecule is COc1cccc2c1ccc1oc([N+](=O)[O-])cc12. The number of ether oxygens (including phenoxy) is 1. The molecule has 0 fully saturated rings. The third kappa shape index (κ3) is 1.41. The minimum absolute atomic E-state index is 0.250. The average molecular weight is 243 g/mol. The molecule has 0 spiro atoms. The molecule has 0 amide bonds. The van der Waals surface area contributed by atoms with Crippen LogP contribution >= 0.6 is 0 Å². The Hall–Kier alpha value is -2.56. The van der Waals surface area contributed by atoms with E-state index in [9.17, 15) is 10.1 Å². The van der Waals surface area contributed by atoms with Gasteiger partial charge in [-0.25, -0.2) is 0 Å². The highest BCUT2D eigenvalue weighted by Crippen LogP contribution is 2.34. The van der Waals surface area contributed by atoms with Crippen LogP contribution in [0.15, 0.2) is 40.8 Å². The molecule has 0 radical (unpaired) electrons. The molecule has 0 unspecified atom stereocenters. The minimum atomic E-state index is -0.536. The summed E-state index contributed by atoms with van der Waals surface area (Å²) in [7, 11) is 1.59. The molecular formula is C13H9NO4. The van der Waals surface area contributed by atoms with E-state index < -0.39 is 4.92 Å². The van der Waals surface area contributed by atoms with Crippen LogP contribution in [0.25, 0.3) is 21.7 Å². The summed E-state index contributed by atoms with van der Waals surface area (Å²) < 4.78 is 10.4. The maximum atomic E-state index is 10.7. The summed E-state index contributed by atoms with van der Waals surface area (Å²) in [6.45, 7) is 0. The molecule has 2 aromatic carbocycles. The minimum Gasteiger partial charge on any atom is -0.496 e. The molecule has 5 nitrogen and oxygen atoms in total. The highest BCUT2D eigenvalue weighted by atomic mass is 16.6. The highest BCUT2D eigenvalue weighted by molar-refractivity contribution is 6.08.